The van der Waals surface area contributed by atoms with Crippen LogP contribution in [0.5, 0.6) is 5.75 Å². The summed E-state index contributed by atoms with van der Waals surface area (Å²) in [6, 6.07) is 6.43. The molecule has 2 nitrogen and oxygen atoms in total. The lowest BCUT2D eigenvalue weighted by molar-refractivity contribution is 0.0477. The van der Waals surface area contributed by atoms with Crippen molar-refractivity contribution < 1.29 is 4.74 Å². The van der Waals surface area contributed by atoms with Crippen molar-refractivity contribution in [3.63, 3.8) is 0 Å². The number of ether oxygens (including phenoxy) is 1. The third-order valence-corrected chi connectivity index (χ3v) is 4.32. The van der Waals surface area contributed by atoms with E-state index in [4.69, 9.17) is 4.74 Å². The van der Waals surface area contributed by atoms with E-state index in [1.54, 1.807) is 0 Å². The van der Waals surface area contributed by atoms with E-state index in [-0.39, 0.29) is 5.60 Å². The second-order valence-corrected chi connectivity index (χ2v) is 5.93. The number of nitrogens with one attached hydrogen (secondary N) is 1. The smallest absolute Gasteiger partial charge is 0.125 e. The summed E-state index contributed by atoms with van der Waals surface area (Å²) in [5.74, 6) is 1.11. The molecule has 0 spiro atoms. The third-order valence-electron chi connectivity index (χ3n) is 4.32. The van der Waals surface area contributed by atoms with E-state index in [2.05, 4.69) is 30.4 Å². The van der Waals surface area contributed by atoms with Crippen LogP contribution in [0, 0.1) is 0 Å². The molecule has 1 aromatic rings. The van der Waals surface area contributed by atoms with Gasteiger partial charge in [0.2, 0.25) is 0 Å². The highest BCUT2D eigenvalue weighted by Gasteiger charge is 2.30. The number of benzene rings is 1. The van der Waals surface area contributed by atoms with Gasteiger partial charge in [-0.05, 0) is 57.6 Å². The van der Waals surface area contributed by atoms with Crippen LogP contribution in [0.15, 0.2) is 18.2 Å². The Bertz CT molecular complexity index is 421. The van der Waals surface area contributed by atoms with E-state index in [1.807, 2.05) is 0 Å². The van der Waals surface area contributed by atoms with Gasteiger partial charge in [-0.2, -0.15) is 0 Å². The van der Waals surface area contributed by atoms with Crippen LogP contribution in [0.1, 0.15) is 51.0 Å². The van der Waals surface area contributed by atoms with Crippen LogP contribution < -0.4 is 10.1 Å². The van der Waals surface area contributed by atoms with Crippen molar-refractivity contribution >= 4 is 5.69 Å². The van der Waals surface area contributed by atoms with Gasteiger partial charge in [-0.25, -0.2) is 0 Å². The second-order valence-electron chi connectivity index (χ2n) is 5.93. The van der Waals surface area contributed by atoms with Gasteiger partial charge in [0.05, 0.1) is 0 Å². The second kappa shape index (κ2) is 4.83. The molecule has 1 fully saturated rings. The summed E-state index contributed by atoms with van der Waals surface area (Å²) in [6.07, 6.45) is 8.74. The van der Waals surface area contributed by atoms with Crippen molar-refractivity contribution in [3.05, 3.63) is 23.8 Å². The topological polar surface area (TPSA) is 21.3 Å². The van der Waals surface area contributed by atoms with Gasteiger partial charge in [0.15, 0.2) is 0 Å². The van der Waals surface area contributed by atoms with E-state index in [0.717, 1.165) is 18.7 Å². The van der Waals surface area contributed by atoms with Gasteiger partial charge in [0, 0.05) is 17.8 Å². The van der Waals surface area contributed by atoms with E-state index in [1.165, 1.54) is 49.8 Å². The monoisotopic (exact) mass is 245 g/mol. The Morgan fingerprint density at radius 1 is 1.11 bits per heavy atom. The van der Waals surface area contributed by atoms with Crippen LogP contribution in [0.4, 0.5) is 5.69 Å². The zero-order valence-electron chi connectivity index (χ0n) is 11.3. The van der Waals surface area contributed by atoms with Gasteiger partial charge in [0.25, 0.3) is 0 Å². The Kier molecular flexibility index (Phi) is 3.19. The normalized spacial score (nSPS) is 21.8. The molecule has 2 heteroatoms. The molecule has 1 N–H and O–H groups in total. The highest BCUT2D eigenvalue weighted by Crippen LogP contribution is 2.37. The number of fused-ring (bicyclic) bond motifs is 1. The Morgan fingerprint density at radius 3 is 2.78 bits per heavy atom. The number of anilines is 1. The van der Waals surface area contributed by atoms with Crippen LogP contribution >= 0.6 is 0 Å². The number of hydrogen-bond acceptors (Lipinski definition) is 2. The molecule has 0 unspecified atom stereocenters. The van der Waals surface area contributed by atoms with Crippen molar-refractivity contribution in [2.24, 2.45) is 0 Å². The fourth-order valence-electron chi connectivity index (χ4n) is 3.24. The van der Waals surface area contributed by atoms with Crippen LogP contribution in [0.25, 0.3) is 0 Å². The summed E-state index contributed by atoms with van der Waals surface area (Å²) in [7, 11) is 0. The molecule has 3 rings (SSSR count). The lowest BCUT2D eigenvalue weighted by atomic mass is 9.86. The first kappa shape index (κ1) is 11.9. The summed E-state index contributed by atoms with van der Waals surface area (Å²) in [6.45, 7) is 3.37. The summed E-state index contributed by atoms with van der Waals surface area (Å²) < 4.78 is 6.40. The van der Waals surface area contributed by atoms with Crippen molar-refractivity contribution in [1.82, 2.24) is 0 Å². The van der Waals surface area contributed by atoms with Crippen molar-refractivity contribution in [2.75, 3.05) is 11.9 Å². The molecule has 0 atom stereocenters. The predicted octanol–water partition coefficient (Wildman–Crippen LogP) is 4.15. The largest absolute Gasteiger partial charge is 0.487 e. The predicted molar refractivity (Wildman–Crippen MR) is 75.4 cm³/mol. The zero-order chi connectivity index (χ0) is 12.4. The van der Waals surface area contributed by atoms with Crippen LogP contribution in [0.3, 0.4) is 0 Å². The minimum absolute atomic E-state index is 0.0603. The van der Waals surface area contributed by atoms with Gasteiger partial charge in [0.1, 0.15) is 11.4 Å². The molecule has 1 heterocycles. The molecular formula is C16H23NO. The summed E-state index contributed by atoms with van der Waals surface area (Å²) in [4.78, 5) is 0. The minimum Gasteiger partial charge on any atom is -0.487 e. The summed E-state index contributed by atoms with van der Waals surface area (Å²) in [5.41, 5.74) is 2.72. The van der Waals surface area contributed by atoms with Crippen LogP contribution in [0.2, 0.25) is 0 Å². The van der Waals surface area contributed by atoms with Gasteiger partial charge in [-0.3, -0.25) is 0 Å². The van der Waals surface area contributed by atoms with Gasteiger partial charge in [-0.1, -0.05) is 12.5 Å². The van der Waals surface area contributed by atoms with Gasteiger partial charge < -0.3 is 10.1 Å². The maximum Gasteiger partial charge on any atom is 0.125 e. The SMILES string of the molecule is CC1(Oc2cccc3c2CCCN3)CCCCC1. The van der Waals surface area contributed by atoms with Crippen molar-refractivity contribution in [2.45, 2.75) is 57.5 Å². The van der Waals surface area contributed by atoms with Crippen molar-refractivity contribution in [1.29, 1.82) is 0 Å². The first-order valence-electron chi connectivity index (χ1n) is 7.32. The van der Waals surface area contributed by atoms with Crippen molar-refractivity contribution in [3.8, 4) is 5.75 Å². The maximum atomic E-state index is 6.40. The lowest BCUT2D eigenvalue weighted by Crippen LogP contribution is -2.35. The van der Waals surface area contributed by atoms with Crippen LogP contribution in [-0.4, -0.2) is 12.1 Å². The Labute approximate surface area is 110 Å². The van der Waals surface area contributed by atoms with Crippen LogP contribution in [-0.2, 0) is 6.42 Å². The van der Waals surface area contributed by atoms with E-state index in [9.17, 15) is 0 Å². The standard InChI is InChI=1S/C16H23NO/c1-16(10-3-2-4-11-16)18-15-9-5-8-14-13(15)7-6-12-17-14/h5,8-9,17H,2-4,6-7,10-12H2,1H3. The quantitative estimate of drug-likeness (QED) is 0.845. The maximum absolute atomic E-state index is 6.40. The highest BCUT2D eigenvalue weighted by molar-refractivity contribution is 5.59. The minimum atomic E-state index is 0.0603. The summed E-state index contributed by atoms with van der Waals surface area (Å²) >= 11 is 0. The molecule has 18 heavy (non-hydrogen) atoms. The Hall–Kier alpha value is -1.18. The first-order chi connectivity index (χ1) is 8.77. The molecule has 0 bridgehead atoms. The number of rotatable bonds is 2. The van der Waals surface area contributed by atoms with E-state index < -0.39 is 0 Å². The molecule has 1 aliphatic heterocycles. The fourth-order valence-corrected chi connectivity index (χ4v) is 3.24. The molecule has 1 aliphatic carbocycles. The average Bonchev–Trinajstić information content (AvgIpc) is 2.40. The molecular weight excluding hydrogens is 222 g/mol. The molecule has 0 radical (unpaired) electrons. The molecule has 1 aromatic carbocycles. The summed E-state index contributed by atoms with van der Waals surface area (Å²) in [5, 5.41) is 3.47. The molecule has 0 aromatic heterocycles. The molecule has 0 amide bonds. The average molecular weight is 245 g/mol. The first-order valence-corrected chi connectivity index (χ1v) is 7.32. The molecule has 2 aliphatic rings. The lowest BCUT2D eigenvalue weighted by Gasteiger charge is -2.35. The van der Waals surface area contributed by atoms with Gasteiger partial charge >= 0.3 is 0 Å². The van der Waals surface area contributed by atoms with E-state index >= 15 is 0 Å². The third kappa shape index (κ3) is 2.33. The highest BCUT2D eigenvalue weighted by atomic mass is 16.5. The Morgan fingerprint density at radius 2 is 1.94 bits per heavy atom. The fraction of sp³-hybridized carbons (Fsp3) is 0.625. The van der Waals surface area contributed by atoms with E-state index in [0.29, 0.717) is 0 Å². The zero-order valence-corrected chi connectivity index (χ0v) is 11.3. The number of hydrogen-bond donors (Lipinski definition) is 1. The molecule has 1 saturated carbocycles. The van der Waals surface area contributed by atoms with Gasteiger partial charge in [-0.15, -0.1) is 0 Å². The molecule has 98 valence electrons. The Balaban J connectivity index is 1.83. The molecule has 0 saturated heterocycles.